The Balaban J connectivity index is 1.17. The molecule has 1 aliphatic carbocycles. The maximum absolute atomic E-state index is 12.2. The van der Waals surface area contributed by atoms with E-state index in [9.17, 15) is 4.79 Å². The summed E-state index contributed by atoms with van der Waals surface area (Å²) in [6, 6.07) is 9.07. The SMILES string of the molecule is Cc1cccc(N2CCN(CCC(=O)N[C@@H]3C[C@@H]4OCC[C@@H]43)CC2)c1. The summed E-state index contributed by atoms with van der Waals surface area (Å²) in [6.45, 7) is 8.01. The lowest BCUT2D eigenvalue weighted by atomic mass is 9.76. The van der Waals surface area contributed by atoms with Gasteiger partial charge in [-0.1, -0.05) is 12.1 Å². The number of rotatable bonds is 5. The molecule has 1 amide bonds. The van der Waals surface area contributed by atoms with E-state index in [1.54, 1.807) is 0 Å². The fourth-order valence-electron chi connectivity index (χ4n) is 4.36. The van der Waals surface area contributed by atoms with Crippen LogP contribution in [0, 0.1) is 12.8 Å². The third-order valence-corrected chi connectivity index (χ3v) is 6.00. The highest BCUT2D eigenvalue weighted by molar-refractivity contribution is 5.76. The van der Waals surface area contributed by atoms with Crippen LogP contribution in [-0.2, 0) is 9.53 Å². The Morgan fingerprint density at radius 3 is 2.88 bits per heavy atom. The fourth-order valence-corrected chi connectivity index (χ4v) is 4.36. The van der Waals surface area contributed by atoms with Crippen LogP contribution in [-0.4, -0.2) is 62.3 Å². The molecule has 2 aliphatic heterocycles. The van der Waals surface area contributed by atoms with Crippen LogP contribution in [0.1, 0.15) is 24.8 Å². The Bertz CT molecular complexity index is 613. The van der Waals surface area contributed by atoms with Crippen LogP contribution in [0.5, 0.6) is 0 Å². The normalized spacial score (nSPS) is 29.2. The minimum absolute atomic E-state index is 0.205. The summed E-state index contributed by atoms with van der Waals surface area (Å²) in [4.78, 5) is 17.1. The van der Waals surface area contributed by atoms with Crippen LogP contribution >= 0.6 is 0 Å². The molecule has 3 atom stereocenters. The number of nitrogens with zero attached hydrogens (tertiary/aromatic N) is 2. The van der Waals surface area contributed by atoms with E-state index in [-0.39, 0.29) is 5.91 Å². The standard InChI is InChI=1S/C20H29N3O2/c1-15-3-2-4-16(13-15)23-10-8-22(9-11-23)7-5-20(24)21-18-14-19-17(18)6-12-25-19/h2-4,13,17-19H,5-12,14H2,1H3,(H,21,24)/t17-,18-,19+/m1/s1. The predicted molar refractivity (Wildman–Crippen MR) is 98.8 cm³/mol. The molecule has 5 nitrogen and oxygen atoms in total. The maximum Gasteiger partial charge on any atom is 0.221 e. The Labute approximate surface area is 150 Å². The van der Waals surface area contributed by atoms with Gasteiger partial charge in [0.2, 0.25) is 5.91 Å². The molecule has 0 aromatic heterocycles. The van der Waals surface area contributed by atoms with Gasteiger partial charge in [-0.3, -0.25) is 9.69 Å². The first kappa shape index (κ1) is 16.9. The molecule has 1 aromatic rings. The van der Waals surface area contributed by atoms with Gasteiger partial charge >= 0.3 is 0 Å². The van der Waals surface area contributed by atoms with Crippen LogP contribution in [0.2, 0.25) is 0 Å². The monoisotopic (exact) mass is 343 g/mol. The maximum atomic E-state index is 12.2. The molecular weight excluding hydrogens is 314 g/mol. The van der Waals surface area contributed by atoms with Crippen molar-refractivity contribution >= 4 is 11.6 Å². The number of nitrogens with one attached hydrogen (secondary N) is 1. The number of benzene rings is 1. The molecule has 0 bridgehead atoms. The van der Waals surface area contributed by atoms with Crippen LogP contribution < -0.4 is 10.2 Å². The number of amides is 1. The van der Waals surface area contributed by atoms with Crippen molar-refractivity contribution in [3.63, 3.8) is 0 Å². The highest BCUT2D eigenvalue weighted by Gasteiger charge is 2.45. The highest BCUT2D eigenvalue weighted by atomic mass is 16.5. The number of carbonyl (C=O) groups excluding carboxylic acids is 1. The second-order valence-electron chi connectivity index (χ2n) is 7.69. The van der Waals surface area contributed by atoms with Gasteiger partial charge in [-0.15, -0.1) is 0 Å². The number of hydrogen-bond donors (Lipinski definition) is 1. The topological polar surface area (TPSA) is 44.8 Å². The molecule has 3 fully saturated rings. The molecule has 1 aromatic carbocycles. The Hall–Kier alpha value is -1.59. The van der Waals surface area contributed by atoms with E-state index in [0.29, 0.717) is 24.5 Å². The number of fused-ring (bicyclic) bond motifs is 1. The number of carbonyl (C=O) groups is 1. The van der Waals surface area contributed by atoms with Crippen molar-refractivity contribution in [2.75, 3.05) is 44.2 Å². The number of ether oxygens (including phenoxy) is 1. The van der Waals surface area contributed by atoms with Crippen molar-refractivity contribution in [2.24, 2.45) is 5.92 Å². The van der Waals surface area contributed by atoms with E-state index >= 15 is 0 Å². The van der Waals surface area contributed by atoms with Crippen molar-refractivity contribution < 1.29 is 9.53 Å². The molecule has 1 N–H and O–H groups in total. The molecule has 0 radical (unpaired) electrons. The summed E-state index contributed by atoms with van der Waals surface area (Å²) in [6.07, 6.45) is 3.14. The van der Waals surface area contributed by atoms with Gasteiger partial charge in [0, 0.05) is 63.4 Å². The van der Waals surface area contributed by atoms with E-state index in [1.165, 1.54) is 11.3 Å². The summed E-state index contributed by atoms with van der Waals surface area (Å²) < 4.78 is 5.61. The largest absolute Gasteiger partial charge is 0.378 e. The van der Waals surface area contributed by atoms with Gasteiger partial charge in [0.25, 0.3) is 0 Å². The Morgan fingerprint density at radius 2 is 2.12 bits per heavy atom. The summed E-state index contributed by atoms with van der Waals surface area (Å²) in [7, 11) is 0. The molecule has 1 saturated carbocycles. The summed E-state index contributed by atoms with van der Waals surface area (Å²) in [5, 5.41) is 3.21. The molecular formula is C20H29N3O2. The first-order valence-corrected chi connectivity index (χ1v) is 9.64. The van der Waals surface area contributed by atoms with Gasteiger partial charge < -0.3 is 15.0 Å². The third kappa shape index (κ3) is 3.82. The highest BCUT2D eigenvalue weighted by Crippen LogP contribution is 2.38. The van der Waals surface area contributed by atoms with Gasteiger partial charge in [-0.25, -0.2) is 0 Å². The Kier molecular flexibility index (Phi) is 4.95. The summed E-state index contributed by atoms with van der Waals surface area (Å²) >= 11 is 0. The van der Waals surface area contributed by atoms with E-state index in [4.69, 9.17) is 4.74 Å². The average molecular weight is 343 g/mol. The van der Waals surface area contributed by atoms with Gasteiger partial charge in [0.15, 0.2) is 0 Å². The minimum atomic E-state index is 0.205. The minimum Gasteiger partial charge on any atom is -0.378 e. The smallest absolute Gasteiger partial charge is 0.221 e. The number of piperazine rings is 1. The van der Waals surface area contributed by atoms with Crippen LogP contribution in [0.25, 0.3) is 0 Å². The molecule has 4 rings (SSSR count). The summed E-state index contributed by atoms with van der Waals surface area (Å²) in [5.41, 5.74) is 2.62. The van der Waals surface area contributed by atoms with E-state index in [0.717, 1.165) is 52.2 Å². The summed E-state index contributed by atoms with van der Waals surface area (Å²) in [5.74, 6) is 0.776. The third-order valence-electron chi connectivity index (χ3n) is 6.00. The molecule has 3 aliphatic rings. The lowest BCUT2D eigenvalue weighted by molar-refractivity contribution is -0.124. The Morgan fingerprint density at radius 1 is 1.28 bits per heavy atom. The van der Waals surface area contributed by atoms with Crippen molar-refractivity contribution in [3.8, 4) is 0 Å². The van der Waals surface area contributed by atoms with E-state index in [1.807, 2.05) is 0 Å². The second kappa shape index (κ2) is 7.34. The van der Waals surface area contributed by atoms with Crippen molar-refractivity contribution in [1.82, 2.24) is 10.2 Å². The quantitative estimate of drug-likeness (QED) is 0.885. The average Bonchev–Trinajstić information content (AvgIpc) is 2.99. The van der Waals surface area contributed by atoms with E-state index < -0.39 is 0 Å². The molecule has 2 heterocycles. The molecule has 2 saturated heterocycles. The predicted octanol–water partition coefficient (Wildman–Crippen LogP) is 1.80. The lowest BCUT2D eigenvalue weighted by Gasteiger charge is -2.39. The van der Waals surface area contributed by atoms with Crippen molar-refractivity contribution in [1.29, 1.82) is 0 Å². The number of anilines is 1. The zero-order valence-electron chi connectivity index (χ0n) is 15.1. The molecule has 0 unspecified atom stereocenters. The molecule has 0 spiro atoms. The first-order chi connectivity index (χ1) is 12.2. The zero-order chi connectivity index (χ0) is 17.2. The van der Waals surface area contributed by atoms with Crippen LogP contribution in [0.15, 0.2) is 24.3 Å². The molecule has 136 valence electrons. The zero-order valence-corrected chi connectivity index (χ0v) is 15.1. The van der Waals surface area contributed by atoms with Crippen molar-refractivity contribution in [3.05, 3.63) is 29.8 Å². The van der Waals surface area contributed by atoms with Gasteiger partial charge in [0.05, 0.1) is 6.10 Å². The van der Waals surface area contributed by atoms with E-state index in [2.05, 4.69) is 46.3 Å². The van der Waals surface area contributed by atoms with Gasteiger partial charge in [-0.05, 0) is 37.5 Å². The number of hydrogen-bond acceptors (Lipinski definition) is 4. The fraction of sp³-hybridized carbons (Fsp3) is 0.650. The van der Waals surface area contributed by atoms with Crippen LogP contribution in [0.4, 0.5) is 5.69 Å². The first-order valence-electron chi connectivity index (χ1n) is 9.64. The number of aryl methyl sites for hydroxylation is 1. The van der Waals surface area contributed by atoms with Crippen molar-refractivity contribution in [2.45, 2.75) is 38.3 Å². The van der Waals surface area contributed by atoms with Gasteiger partial charge in [-0.2, -0.15) is 0 Å². The molecule has 25 heavy (non-hydrogen) atoms. The van der Waals surface area contributed by atoms with Gasteiger partial charge in [0.1, 0.15) is 0 Å². The lowest BCUT2D eigenvalue weighted by Crippen LogP contribution is -2.54. The second-order valence-corrected chi connectivity index (χ2v) is 7.69. The van der Waals surface area contributed by atoms with Crippen LogP contribution in [0.3, 0.4) is 0 Å². The molecule has 5 heteroatoms.